The lowest BCUT2D eigenvalue weighted by Crippen LogP contribution is -2.21. The number of amides is 1. The highest BCUT2D eigenvalue weighted by Gasteiger charge is 2.05. The summed E-state index contributed by atoms with van der Waals surface area (Å²) in [4.78, 5) is 12.0. The Morgan fingerprint density at radius 3 is 2.04 bits per heavy atom. The zero-order valence-corrected chi connectivity index (χ0v) is 16.2. The van der Waals surface area contributed by atoms with E-state index in [1.165, 1.54) is 69.1 Å². The fourth-order valence-electron chi connectivity index (χ4n) is 3.14. The number of hydrogen-bond acceptors (Lipinski definition) is 3. The first-order valence-electron chi connectivity index (χ1n) is 9.80. The van der Waals surface area contributed by atoms with Gasteiger partial charge in [0.2, 0.25) is 5.91 Å². The molecule has 1 aliphatic rings. The van der Waals surface area contributed by atoms with Gasteiger partial charge in [-0.2, -0.15) is 5.10 Å². The van der Waals surface area contributed by atoms with Crippen LogP contribution in [0.3, 0.4) is 0 Å². The van der Waals surface area contributed by atoms with E-state index in [9.17, 15) is 4.79 Å². The lowest BCUT2D eigenvalue weighted by atomic mass is 10.00. The van der Waals surface area contributed by atoms with Gasteiger partial charge in [0, 0.05) is 11.5 Å². The topological polar surface area (TPSA) is 41.5 Å². The third-order valence-electron chi connectivity index (χ3n) is 4.61. The highest BCUT2D eigenvalue weighted by atomic mass is 32.2. The molecule has 1 fully saturated rings. The van der Waals surface area contributed by atoms with E-state index in [4.69, 9.17) is 0 Å². The molecule has 0 saturated heterocycles. The molecule has 0 atom stereocenters. The van der Waals surface area contributed by atoms with Crippen LogP contribution >= 0.6 is 11.8 Å². The van der Waals surface area contributed by atoms with Gasteiger partial charge in [0.1, 0.15) is 0 Å². The maximum Gasteiger partial charge on any atom is 0.250 e. The van der Waals surface area contributed by atoms with Gasteiger partial charge in [-0.25, -0.2) is 5.43 Å². The summed E-state index contributed by atoms with van der Waals surface area (Å²) < 4.78 is 0. The van der Waals surface area contributed by atoms with Crippen molar-refractivity contribution in [2.24, 2.45) is 5.10 Å². The first-order chi connectivity index (χ1) is 12.3. The zero-order chi connectivity index (χ0) is 17.6. The van der Waals surface area contributed by atoms with Crippen LogP contribution in [0, 0.1) is 0 Å². The van der Waals surface area contributed by atoms with Crippen LogP contribution in [0.5, 0.6) is 0 Å². The Balaban J connectivity index is 1.69. The minimum Gasteiger partial charge on any atom is -0.272 e. The minimum atomic E-state index is 0.0135. The normalized spacial score (nSPS) is 17.2. The summed E-state index contributed by atoms with van der Waals surface area (Å²) in [6.45, 7) is 0. The molecule has 138 valence electrons. The van der Waals surface area contributed by atoms with E-state index in [2.05, 4.69) is 22.7 Å². The summed E-state index contributed by atoms with van der Waals surface area (Å²) in [5.74, 6) is 1.34. The summed E-state index contributed by atoms with van der Waals surface area (Å²) in [5, 5.41) is 4.44. The van der Waals surface area contributed by atoms with Crippen LogP contribution < -0.4 is 5.43 Å². The number of nitrogens with one attached hydrogen (secondary N) is 1. The van der Waals surface area contributed by atoms with Crippen molar-refractivity contribution in [2.45, 2.75) is 76.4 Å². The van der Waals surface area contributed by atoms with Crippen molar-refractivity contribution in [3.05, 3.63) is 35.9 Å². The molecule has 0 bridgehead atoms. The van der Waals surface area contributed by atoms with Gasteiger partial charge in [-0.05, 0) is 31.2 Å². The van der Waals surface area contributed by atoms with Gasteiger partial charge < -0.3 is 0 Å². The van der Waals surface area contributed by atoms with E-state index in [-0.39, 0.29) is 5.91 Å². The highest BCUT2D eigenvalue weighted by Crippen LogP contribution is 2.15. The van der Waals surface area contributed by atoms with Gasteiger partial charge in [0.25, 0.3) is 0 Å². The second-order valence-electron chi connectivity index (χ2n) is 6.87. The maximum absolute atomic E-state index is 12.0. The molecule has 1 N–H and O–H groups in total. The minimum absolute atomic E-state index is 0.0135. The third-order valence-corrected chi connectivity index (χ3v) is 5.62. The van der Waals surface area contributed by atoms with E-state index in [1.54, 1.807) is 11.8 Å². The lowest BCUT2D eigenvalue weighted by molar-refractivity contribution is -0.118. The maximum atomic E-state index is 12.0. The summed E-state index contributed by atoms with van der Waals surface area (Å²) >= 11 is 1.64. The monoisotopic (exact) mass is 360 g/mol. The molecule has 0 radical (unpaired) electrons. The van der Waals surface area contributed by atoms with Gasteiger partial charge in [-0.3, -0.25) is 4.79 Å². The average molecular weight is 361 g/mol. The number of carbonyl (C=O) groups is 1. The number of nitrogens with zero attached hydrogens (tertiary/aromatic N) is 1. The number of benzene rings is 1. The fraction of sp³-hybridized carbons (Fsp3) is 0.619. The van der Waals surface area contributed by atoms with E-state index in [0.717, 1.165) is 18.6 Å². The number of hydrazone groups is 1. The predicted molar refractivity (Wildman–Crippen MR) is 109 cm³/mol. The molecule has 0 spiro atoms. The Hall–Kier alpha value is -1.29. The summed E-state index contributed by atoms with van der Waals surface area (Å²) in [7, 11) is 0. The lowest BCUT2D eigenvalue weighted by Gasteiger charge is -2.09. The largest absolute Gasteiger partial charge is 0.272 e. The number of thioether (sulfide) groups is 1. The van der Waals surface area contributed by atoms with Gasteiger partial charge in [-0.1, -0.05) is 75.3 Å². The molecule has 1 saturated carbocycles. The molecular formula is C21H32N2OS. The van der Waals surface area contributed by atoms with Gasteiger partial charge in [0.15, 0.2) is 0 Å². The predicted octanol–water partition coefficient (Wildman–Crippen LogP) is 5.70. The molecule has 3 nitrogen and oxygen atoms in total. The molecule has 25 heavy (non-hydrogen) atoms. The molecule has 0 heterocycles. The van der Waals surface area contributed by atoms with Gasteiger partial charge in [0.05, 0.1) is 5.75 Å². The second kappa shape index (κ2) is 13.0. The summed E-state index contributed by atoms with van der Waals surface area (Å²) in [5.41, 5.74) is 5.22. The molecule has 1 aromatic carbocycles. The first-order valence-corrected chi connectivity index (χ1v) is 11.0. The molecule has 4 heteroatoms. The van der Waals surface area contributed by atoms with Crippen LogP contribution in [0.1, 0.15) is 76.2 Å². The third kappa shape index (κ3) is 9.69. The first kappa shape index (κ1) is 20.0. The molecule has 1 aliphatic carbocycles. The van der Waals surface area contributed by atoms with E-state index >= 15 is 0 Å². The standard InChI is InChI=1S/C21H32N2OS/c24-21(18-25-17-19-13-9-8-10-14-19)23-22-20-15-11-6-4-2-1-3-5-7-12-16-20/h8-10,13-14H,1-7,11-12,15-18H2,(H,23,24). The van der Waals surface area contributed by atoms with Crippen LogP contribution in [-0.4, -0.2) is 17.4 Å². The van der Waals surface area contributed by atoms with Crippen LogP contribution in [-0.2, 0) is 10.5 Å². The van der Waals surface area contributed by atoms with Crippen molar-refractivity contribution in [2.75, 3.05) is 5.75 Å². The van der Waals surface area contributed by atoms with Crippen molar-refractivity contribution in [1.82, 2.24) is 5.43 Å². The zero-order valence-electron chi connectivity index (χ0n) is 15.3. The number of rotatable bonds is 5. The Morgan fingerprint density at radius 2 is 1.44 bits per heavy atom. The average Bonchev–Trinajstić information content (AvgIpc) is 2.62. The SMILES string of the molecule is O=C(CSCc1ccccc1)NN=C1CCCCCCCCCCC1. The van der Waals surface area contributed by atoms with E-state index in [1.807, 2.05) is 18.2 Å². The molecule has 1 amide bonds. The van der Waals surface area contributed by atoms with Gasteiger partial charge >= 0.3 is 0 Å². The molecule has 0 unspecified atom stereocenters. The fourth-order valence-corrected chi connectivity index (χ4v) is 3.92. The van der Waals surface area contributed by atoms with Crippen molar-refractivity contribution >= 4 is 23.4 Å². The summed E-state index contributed by atoms with van der Waals surface area (Å²) in [6.07, 6.45) is 13.9. The summed E-state index contributed by atoms with van der Waals surface area (Å²) in [6, 6.07) is 10.3. The smallest absolute Gasteiger partial charge is 0.250 e. The second-order valence-corrected chi connectivity index (χ2v) is 7.86. The Bertz CT molecular complexity index is 502. The van der Waals surface area contributed by atoms with Crippen molar-refractivity contribution < 1.29 is 4.79 Å². The van der Waals surface area contributed by atoms with Crippen LogP contribution in [0.15, 0.2) is 35.4 Å². The van der Waals surface area contributed by atoms with Crippen molar-refractivity contribution in [3.8, 4) is 0 Å². The molecular weight excluding hydrogens is 328 g/mol. The number of hydrogen-bond donors (Lipinski definition) is 1. The van der Waals surface area contributed by atoms with Crippen LogP contribution in [0.2, 0.25) is 0 Å². The van der Waals surface area contributed by atoms with E-state index in [0.29, 0.717) is 5.75 Å². The van der Waals surface area contributed by atoms with Crippen LogP contribution in [0.4, 0.5) is 0 Å². The van der Waals surface area contributed by atoms with Crippen molar-refractivity contribution in [3.63, 3.8) is 0 Å². The Labute approximate surface area is 157 Å². The Kier molecular flexibility index (Phi) is 10.4. The number of carbonyl (C=O) groups excluding carboxylic acids is 1. The van der Waals surface area contributed by atoms with Crippen LogP contribution in [0.25, 0.3) is 0 Å². The quantitative estimate of drug-likeness (QED) is 0.685. The highest BCUT2D eigenvalue weighted by molar-refractivity contribution is 7.99. The molecule has 1 aromatic rings. The molecule has 0 aromatic heterocycles. The van der Waals surface area contributed by atoms with E-state index < -0.39 is 0 Å². The van der Waals surface area contributed by atoms with Gasteiger partial charge in [-0.15, -0.1) is 11.8 Å². The molecule has 0 aliphatic heterocycles. The Morgan fingerprint density at radius 1 is 0.880 bits per heavy atom. The van der Waals surface area contributed by atoms with Crippen molar-refractivity contribution in [1.29, 1.82) is 0 Å². The molecule has 2 rings (SSSR count).